The first kappa shape index (κ1) is 38.0. The van der Waals surface area contributed by atoms with Crippen LogP contribution in [0.1, 0.15) is 58.4 Å². The number of hydrogen-bond acceptors (Lipinski definition) is 8. The van der Waals surface area contributed by atoms with Crippen molar-refractivity contribution in [3.8, 4) is 46.0 Å². The van der Waals surface area contributed by atoms with Gasteiger partial charge in [0.1, 0.15) is 46.0 Å². The zero-order valence-corrected chi connectivity index (χ0v) is 30.3. The first-order valence-corrected chi connectivity index (χ1v) is 15.7. The maximum Gasteiger partial charge on any atom is 0.338 e. The minimum absolute atomic E-state index is 0.305. The topological polar surface area (TPSA) is 101 Å². The van der Waals surface area contributed by atoms with Gasteiger partial charge in [-0.05, 0) is 162 Å². The van der Waals surface area contributed by atoms with E-state index in [0.717, 1.165) is 56.4 Å². The molecule has 0 aliphatic carbocycles. The summed E-state index contributed by atoms with van der Waals surface area (Å²) < 4.78 is 28.1. The number of carbonyl (C=O) groups excluding carboxylic acids is 2. The number of hydrogen-bond donors (Lipinski definition) is 1. The summed E-state index contributed by atoms with van der Waals surface area (Å²) in [5.74, 6) is 4.10. The lowest BCUT2D eigenvalue weighted by Gasteiger charge is -2.17. The van der Waals surface area contributed by atoms with Gasteiger partial charge in [-0.1, -0.05) is 13.2 Å². The highest BCUT2D eigenvalue weighted by Crippen LogP contribution is 2.38. The average Bonchev–Trinajstić information content (AvgIpc) is 3.01. The predicted octanol–water partition coefficient (Wildman–Crippen LogP) is 10.1. The molecule has 0 amide bonds. The second kappa shape index (κ2) is 16.1. The Bertz CT molecular complexity index is 1840. The molecule has 8 heteroatoms. The minimum Gasteiger partial charge on any atom is -0.507 e. The van der Waals surface area contributed by atoms with Gasteiger partial charge in [0.05, 0.1) is 7.11 Å². The molecule has 49 heavy (non-hydrogen) atoms. The lowest BCUT2D eigenvalue weighted by Crippen LogP contribution is -2.11. The van der Waals surface area contributed by atoms with E-state index in [2.05, 4.69) is 13.2 Å². The summed E-state index contributed by atoms with van der Waals surface area (Å²) in [5, 5.41) is 9.98. The number of methoxy groups -OCH3 is 1. The SMILES string of the molecule is C=C(C)C(=O)Oc1cc(C)c(OC(=O)C(=C)C)c(C)c1.COc1cc(C)c(Oc2cc(C)c(Oc3cc(C)c(O)c(C)c3)c(C)c2)c(C)c1. The van der Waals surface area contributed by atoms with Gasteiger partial charge in [0, 0.05) is 11.1 Å². The Kier molecular flexibility index (Phi) is 12.4. The van der Waals surface area contributed by atoms with Crippen molar-refractivity contribution in [3.05, 3.63) is 117 Å². The van der Waals surface area contributed by atoms with E-state index in [1.54, 1.807) is 46.9 Å². The van der Waals surface area contributed by atoms with Gasteiger partial charge in [-0.15, -0.1) is 0 Å². The number of rotatable bonds is 9. The van der Waals surface area contributed by atoms with Crippen molar-refractivity contribution in [1.29, 1.82) is 0 Å². The molecule has 0 saturated carbocycles. The standard InChI is InChI=1S/C25H28O4.C16H18O4/c1-14-8-21(9-15(2)23(14)26)28-25-18(5)12-22(13-19(25)6)29-24-16(3)10-20(27-7)11-17(24)4;1-9(2)15(17)19-13-7-11(5)14(12(6)8-13)20-16(18)10(3)4/h8-13,26H,1-7H3;7-8H,1,3H2,2,4-6H3. The first-order chi connectivity index (χ1) is 22.9. The molecule has 4 rings (SSSR count). The van der Waals surface area contributed by atoms with E-state index in [9.17, 15) is 14.7 Å². The summed E-state index contributed by atoms with van der Waals surface area (Å²) in [5.41, 5.74) is 7.62. The Labute approximate surface area is 289 Å². The molecule has 0 atom stereocenters. The third kappa shape index (κ3) is 9.76. The van der Waals surface area contributed by atoms with Gasteiger partial charge in [-0.3, -0.25) is 0 Å². The maximum absolute atomic E-state index is 11.5. The monoisotopic (exact) mass is 666 g/mol. The Morgan fingerprint density at radius 3 is 1.16 bits per heavy atom. The lowest BCUT2D eigenvalue weighted by atomic mass is 10.1. The molecule has 0 aliphatic rings. The van der Waals surface area contributed by atoms with Crippen LogP contribution in [0.3, 0.4) is 0 Å². The number of aromatic hydroxyl groups is 1. The lowest BCUT2D eigenvalue weighted by molar-refractivity contribution is -0.131. The fourth-order valence-electron chi connectivity index (χ4n) is 5.04. The van der Waals surface area contributed by atoms with Crippen molar-refractivity contribution < 1.29 is 38.4 Å². The van der Waals surface area contributed by atoms with Crippen molar-refractivity contribution in [2.45, 2.75) is 69.2 Å². The quantitative estimate of drug-likeness (QED) is 0.107. The summed E-state index contributed by atoms with van der Waals surface area (Å²) in [7, 11) is 1.66. The normalized spacial score (nSPS) is 10.3. The zero-order chi connectivity index (χ0) is 36.7. The Hall–Kier alpha value is -5.50. The van der Waals surface area contributed by atoms with Crippen LogP contribution in [0.2, 0.25) is 0 Å². The van der Waals surface area contributed by atoms with Gasteiger partial charge in [0.2, 0.25) is 0 Å². The molecule has 0 unspecified atom stereocenters. The number of ether oxygens (including phenoxy) is 5. The molecule has 0 saturated heterocycles. The summed E-state index contributed by atoms with van der Waals surface area (Å²) in [6.07, 6.45) is 0. The van der Waals surface area contributed by atoms with Gasteiger partial charge < -0.3 is 28.8 Å². The van der Waals surface area contributed by atoms with Crippen LogP contribution in [-0.4, -0.2) is 24.2 Å². The van der Waals surface area contributed by atoms with Gasteiger partial charge in [0.15, 0.2) is 0 Å². The molecule has 0 spiro atoms. The van der Waals surface area contributed by atoms with Crippen LogP contribution in [0.15, 0.2) is 72.8 Å². The second-order valence-electron chi connectivity index (χ2n) is 12.3. The highest BCUT2D eigenvalue weighted by atomic mass is 16.5. The van der Waals surface area contributed by atoms with E-state index in [1.807, 2.05) is 77.9 Å². The van der Waals surface area contributed by atoms with Crippen LogP contribution in [0, 0.1) is 55.4 Å². The van der Waals surface area contributed by atoms with E-state index >= 15 is 0 Å². The van der Waals surface area contributed by atoms with Crippen molar-refractivity contribution in [1.82, 2.24) is 0 Å². The number of phenolic OH excluding ortho intramolecular Hbond substituents is 1. The van der Waals surface area contributed by atoms with Crippen LogP contribution < -0.4 is 23.7 Å². The Morgan fingerprint density at radius 2 is 0.796 bits per heavy atom. The van der Waals surface area contributed by atoms with Gasteiger partial charge in [-0.2, -0.15) is 0 Å². The van der Waals surface area contributed by atoms with E-state index < -0.39 is 11.9 Å². The third-order valence-electron chi connectivity index (χ3n) is 7.54. The Balaban J connectivity index is 0.000000286. The zero-order valence-electron chi connectivity index (χ0n) is 30.3. The molecule has 4 aromatic carbocycles. The molecule has 0 aromatic heterocycles. The molecule has 258 valence electrons. The summed E-state index contributed by atoms with van der Waals surface area (Å²) in [6, 6.07) is 14.8. The Morgan fingerprint density at radius 1 is 0.490 bits per heavy atom. The molecule has 0 radical (unpaired) electrons. The van der Waals surface area contributed by atoms with Crippen molar-refractivity contribution in [3.63, 3.8) is 0 Å². The van der Waals surface area contributed by atoms with Crippen molar-refractivity contribution in [2.24, 2.45) is 0 Å². The molecule has 8 nitrogen and oxygen atoms in total. The van der Waals surface area contributed by atoms with E-state index in [-0.39, 0.29) is 0 Å². The minimum atomic E-state index is -0.490. The van der Waals surface area contributed by atoms with Crippen LogP contribution in [0.4, 0.5) is 0 Å². The van der Waals surface area contributed by atoms with Crippen LogP contribution >= 0.6 is 0 Å². The van der Waals surface area contributed by atoms with E-state index in [1.165, 1.54) is 0 Å². The molecule has 0 bridgehead atoms. The molecule has 4 aromatic rings. The number of benzene rings is 4. The summed E-state index contributed by atoms with van der Waals surface area (Å²) in [4.78, 5) is 23.0. The molecule has 0 fully saturated rings. The van der Waals surface area contributed by atoms with E-state index in [0.29, 0.717) is 45.3 Å². The largest absolute Gasteiger partial charge is 0.507 e. The first-order valence-electron chi connectivity index (χ1n) is 15.7. The predicted molar refractivity (Wildman–Crippen MR) is 193 cm³/mol. The fraction of sp³-hybridized carbons (Fsp3) is 0.268. The highest BCUT2D eigenvalue weighted by Gasteiger charge is 2.15. The van der Waals surface area contributed by atoms with Gasteiger partial charge in [-0.25, -0.2) is 9.59 Å². The van der Waals surface area contributed by atoms with Crippen molar-refractivity contribution in [2.75, 3.05) is 7.11 Å². The number of carbonyl (C=O) groups is 2. The molecular weight excluding hydrogens is 620 g/mol. The van der Waals surface area contributed by atoms with Gasteiger partial charge in [0.25, 0.3) is 0 Å². The fourth-order valence-corrected chi connectivity index (χ4v) is 5.04. The molecule has 0 heterocycles. The van der Waals surface area contributed by atoms with Gasteiger partial charge >= 0.3 is 11.9 Å². The van der Waals surface area contributed by atoms with Crippen LogP contribution in [0.25, 0.3) is 0 Å². The molecule has 1 N–H and O–H groups in total. The van der Waals surface area contributed by atoms with E-state index in [4.69, 9.17) is 23.7 Å². The average molecular weight is 667 g/mol. The molecule has 0 aliphatic heterocycles. The number of esters is 2. The summed E-state index contributed by atoms with van der Waals surface area (Å²) in [6.45, 7) is 25.5. The van der Waals surface area contributed by atoms with Crippen molar-refractivity contribution >= 4 is 11.9 Å². The highest BCUT2D eigenvalue weighted by molar-refractivity contribution is 5.90. The second-order valence-corrected chi connectivity index (χ2v) is 12.3. The maximum atomic E-state index is 11.5. The third-order valence-corrected chi connectivity index (χ3v) is 7.54. The number of aryl methyl sites for hydroxylation is 8. The number of phenols is 1. The summed E-state index contributed by atoms with van der Waals surface area (Å²) >= 11 is 0. The smallest absolute Gasteiger partial charge is 0.338 e. The molecular formula is C41H46O8. The van der Waals surface area contributed by atoms with Crippen LogP contribution in [0.5, 0.6) is 46.0 Å². The van der Waals surface area contributed by atoms with Crippen LogP contribution in [-0.2, 0) is 9.59 Å².